The molecule has 2 aromatic carbocycles. The molecule has 2 amide bonds. The Morgan fingerprint density at radius 3 is 2.07 bits per heavy atom. The van der Waals surface area contributed by atoms with Crippen molar-refractivity contribution in [3.63, 3.8) is 0 Å². The average Bonchev–Trinajstić information content (AvgIpc) is 3.45. The van der Waals surface area contributed by atoms with Crippen molar-refractivity contribution in [3.05, 3.63) is 59.7 Å². The molecule has 0 radical (unpaired) electrons. The number of benzene rings is 2. The van der Waals surface area contributed by atoms with E-state index in [2.05, 4.69) is 10.6 Å². The van der Waals surface area contributed by atoms with Crippen LogP contribution in [0.4, 0.5) is 0 Å². The Hall–Kier alpha value is -3.76. The van der Waals surface area contributed by atoms with Crippen molar-refractivity contribution in [1.82, 2.24) is 15.5 Å². The SMILES string of the molecule is CC(C)(CNC(=O)C1CCCN1C(=O)c1ccccc1)NCC(O)c1ccc(OC(=O)C(C)(C)C)c(OC(=O)C(C)(C)C)c1. The van der Waals surface area contributed by atoms with Gasteiger partial charge in [-0.15, -0.1) is 0 Å². The van der Waals surface area contributed by atoms with Crippen LogP contribution in [-0.2, 0) is 14.4 Å². The monoisotopic (exact) mass is 609 g/mol. The number of β-amino-alcohol motifs (C(OH)–C–C–N with tert-alkyl or cyclic N) is 1. The van der Waals surface area contributed by atoms with Gasteiger partial charge in [0.25, 0.3) is 5.91 Å². The van der Waals surface area contributed by atoms with E-state index in [0.717, 1.165) is 6.42 Å². The summed E-state index contributed by atoms with van der Waals surface area (Å²) in [4.78, 5) is 52.9. The fourth-order valence-electron chi connectivity index (χ4n) is 4.41. The molecule has 0 aliphatic carbocycles. The minimum absolute atomic E-state index is 0.0387. The maximum absolute atomic E-state index is 13.1. The van der Waals surface area contributed by atoms with Crippen molar-refractivity contribution in [2.24, 2.45) is 10.8 Å². The van der Waals surface area contributed by atoms with Gasteiger partial charge in [0, 0.05) is 30.7 Å². The number of likely N-dealkylation sites (tertiary alicyclic amines) is 1. The number of esters is 2. The Kier molecular flexibility index (Phi) is 11.0. The van der Waals surface area contributed by atoms with Crippen LogP contribution in [0.2, 0.25) is 0 Å². The van der Waals surface area contributed by atoms with Gasteiger partial charge in [-0.2, -0.15) is 0 Å². The normalized spacial score (nSPS) is 16.3. The third-order valence-corrected chi connectivity index (χ3v) is 7.30. The summed E-state index contributed by atoms with van der Waals surface area (Å²) in [5, 5.41) is 17.3. The Morgan fingerprint density at radius 1 is 0.886 bits per heavy atom. The summed E-state index contributed by atoms with van der Waals surface area (Å²) in [6, 6.07) is 13.0. The summed E-state index contributed by atoms with van der Waals surface area (Å²) in [6.07, 6.45) is 0.351. The third kappa shape index (κ3) is 9.37. The number of aliphatic hydroxyl groups excluding tert-OH is 1. The third-order valence-electron chi connectivity index (χ3n) is 7.30. The molecular weight excluding hydrogens is 562 g/mol. The first-order valence-corrected chi connectivity index (χ1v) is 15.0. The van der Waals surface area contributed by atoms with Gasteiger partial charge in [-0.3, -0.25) is 19.2 Å². The van der Waals surface area contributed by atoms with Gasteiger partial charge in [-0.1, -0.05) is 24.3 Å². The topological polar surface area (TPSA) is 134 Å². The second-order valence-electron chi connectivity index (χ2n) is 14.0. The number of hydrogen-bond acceptors (Lipinski definition) is 8. The Labute approximate surface area is 260 Å². The van der Waals surface area contributed by atoms with E-state index >= 15 is 0 Å². The second kappa shape index (κ2) is 13.9. The van der Waals surface area contributed by atoms with Gasteiger partial charge in [0.05, 0.1) is 16.9 Å². The number of ether oxygens (including phenoxy) is 2. The summed E-state index contributed by atoms with van der Waals surface area (Å²) in [7, 11) is 0. The fourth-order valence-corrected chi connectivity index (χ4v) is 4.41. The van der Waals surface area contributed by atoms with Crippen molar-refractivity contribution in [2.45, 2.75) is 85.9 Å². The van der Waals surface area contributed by atoms with Gasteiger partial charge in [0.15, 0.2) is 11.5 Å². The second-order valence-corrected chi connectivity index (χ2v) is 14.0. The number of carbonyl (C=O) groups excluding carboxylic acids is 4. The summed E-state index contributed by atoms with van der Waals surface area (Å²) < 4.78 is 11.1. The quantitative estimate of drug-likeness (QED) is 0.266. The van der Waals surface area contributed by atoms with Crippen LogP contribution < -0.4 is 20.1 Å². The molecule has 1 heterocycles. The molecule has 0 bridgehead atoms. The zero-order valence-electron chi connectivity index (χ0n) is 27.2. The molecule has 2 unspecified atom stereocenters. The maximum Gasteiger partial charge on any atom is 0.316 e. The number of nitrogens with one attached hydrogen (secondary N) is 2. The number of amides is 2. The molecule has 2 aromatic rings. The van der Waals surface area contributed by atoms with Crippen LogP contribution in [0.5, 0.6) is 11.5 Å². The maximum atomic E-state index is 13.1. The number of hydrogen-bond donors (Lipinski definition) is 3. The summed E-state index contributed by atoms with van der Waals surface area (Å²) >= 11 is 0. The number of carbonyl (C=O) groups is 4. The molecule has 1 fully saturated rings. The first-order valence-electron chi connectivity index (χ1n) is 15.0. The van der Waals surface area contributed by atoms with Gasteiger partial charge in [0.2, 0.25) is 5.91 Å². The molecule has 44 heavy (non-hydrogen) atoms. The zero-order valence-corrected chi connectivity index (χ0v) is 27.2. The predicted molar refractivity (Wildman–Crippen MR) is 167 cm³/mol. The van der Waals surface area contributed by atoms with E-state index in [-0.39, 0.29) is 36.4 Å². The Morgan fingerprint density at radius 2 is 1.48 bits per heavy atom. The Balaban J connectivity index is 1.63. The highest BCUT2D eigenvalue weighted by Crippen LogP contribution is 2.34. The van der Waals surface area contributed by atoms with Crippen LogP contribution in [0.3, 0.4) is 0 Å². The minimum atomic E-state index is -1.00. The van der Waals surface area contributed by atoms with E-state index in [1.807, 2.05) is 19.9 Å². The molecule has 3 rings (SSSR count). The standard InChI is InChI=1S/C34H47N3O7/c1-32(2,3)30(41)43-26-17-16-23(19-27(26)44-31(42)33(4,5)6)25(38)20-36-34(7,8)21-35-28(39)24-15-12-18-37(24)29(40)22-13-10-9-11-14-22/h9-11,13-14,16-17,19,24-25,36,38H,12,15,18,20-21H2,1-8H3,(H,35,39). The number of aliphatic hydroxyl groups is 1. The average molecular weight is 610 g/mol. The molecule has 1 saturated heterocycles. The number of nitrogens with zero attached hydrogens (tertiary/aromatic N) is 1. The zero-order chi connectivity index (χ0) is 32.9. The molecule has 0 spiro atoms. The van der Waals surface area contributed by atoms with Crippen LogP contribution in [0.1, 0.15) is 90.3 Å². The van der Waals surface area contributed by atoms with Crippen molar-refractivity contribution < 1.29 is 33.8 Å². The van der Waals surface area contributed by atoms with Crippen LogP contribution in [0.15, 0.2) is 48.5 Å². The van der Waals surface area contributed by atoms with Gasteiger partial charge in [-0.25, -0.2) is 0 Å². The molecule has 3 N–H and O–H groups in total. The van der Waals surface area contributed by atoms with Crippen molar-refractivity contribution >= 4 is 23.8 Å². The van der Waals surface area contributed by atoms with E-state index in [9.17, 15) is 24.3 Å². The molecule has 1 aliphatic heterocycles. The fraction of sp³-hybridized carbons (Fsp3) is 0.529. The molecule has 0 aromatic heterocycles. The van der Waals surface area contributed by atoms with E-state index in [1.54, 1.807) is 76.8 Å². The van der Waals surface area contributed by atoms with E-state index in [1.165, 1.54) is 12.1 Å². The lowest BCUT2D eigenvalue weighted by Crippen LogP contribution is -2.53. The van der Waals surface area contributed by atoms with Crippen LogP contribution >= 0.6 is 0 Å². The van der Waals surface area contributed by atoms with E-state index in [4.69, 9.17) is 9.47 Å². The first kappa shape index (κ1) is 34.7. The minimum Gasteiger partial charge on any atom is -0.422 e. The molecular formula is C34H47N3O7. The largest absolute Gasteiger partial charge is 0.422 e. The Bertz CT molecular complexity index is 1340. The van der Waals surface area contributed by atoms with Crippen LogP contribution in [-0.4, -0.2) is 65.0 Å². The summed E-state index contributed by atoms with van der Waals surface area (Å²) in [6.45, 7) is 15.0. The van der Waals surface area contributed by atoms with E-state index < -0.39 is 40.5 Å². The highest BCUT2D eigenvalue weighted by Gasteiger charge is 2.35. The summed E-state index contributed by atoms with van der Waals surface area (Å²) in [5.41, 5.74) is -1.18. The van der Waals surface area contributed by atoms with Crippen molar-refractivity contribution in [2.75, 3.05) is 19.6 Å². The van der Waals surface area contributed by atoms with Gasteiger partial charge in [-0.05, 0) is 98.1 Å². The van der Waals surface area contributed by atoms with Crippen molar-refractivity contribution in [3.8, 4) is 11.5 Å². The van der Waals surface area contributed by atoms with Gasteiger partial charge >= 0.3 is 11.9 Å². The van der Waals surface area contributed by atoms with Crippen LogP contribution in [0, 0.1) is 10.8 Å². The van der Waals surface area contributed by atoms with E-state index in [0.29, 0.717) is 24.1 Å². The molecule has 10 heteroatoms. The van der Waals surface area contributed by atoms with Gasteiger partial charge in [0.1, 0.15) is 6.04 Å². The lowest BCUT2D eigenvalue weighted by atomic mass is 9.97. The molecule has 10 nitrogen and oxygen atoms in total. The van der Waals surface area contributed by atoms with Crippen LogP contribution in [0.25, 0.3) is 0 Å². The molecule has 240 valence electrons. The lowest BCUT2D eigenvalue weighted by molar-refractivity contribution is -0.145. The predicted octanol–water partition coefficient (Wildman–Crippen LogP) is 4.41. The molecule has 2 atom stereocenters. The lowest BCUT2D eigenvalue weighted by Gasteiger charge is -2.30. The first-order chi connectivity index (χ1) is 20.4. The number of rotatable bonds is 10. The molecule has 0 saturated carbocycles. The van der Waals surface area contributed by atoms with Gasteiger partial charge < -0.3 is 30.1 Å². The molecule has 1 aliphatic rings. The van der Waals surface area contributed by atoms with Crippen molar-refractivity contribution in [1.29, 1.82) is 0 Å². The summed E-state index contributed by atoms with van der Waals surface area (Å²) in [5.74, 6) is -1.26. The highest BCUT2D eigenvalue weighted by atomic mass is 16.6. The smallest absolute Gasteiger partial charge is 0.316 e. The highest BCUT2D eigenvalue weighted by molar-refractivity contribution is 5.98.